The molecular formula is C14H12ClN5O. The van der Waals surface area contributed by atoms with Crippen LogP contribution in [0.15, 0.2) is 43.0 Å². The van der Waals surface area contributed by atoms with E-state index >= 15 is 0 Å². The molecule has 0 aliphatic carbocycles. The van der Waals surface area contributed by atoms with Crippen molar-refractivity contribution in [1.82, 2.24) is 14.4 Å². The number of carbonyl (C=O) groups excluding carboxylic acids is 1. The topological polar surface area (TPSA) is 85.3 Å². The molecule has 0 aliphatic heterocycles. The fourth-order valence-corrected chi connectivity index (χ4v) is 2.27. The summed E-state index contributed by atoms with van der Waals surface area (Å²) < 4.78 is 1.92. The van der Waals surface area contributed by atoms with Gasteiger partial charge in [-0.1, -0.05) is 17.7 Å². The molecule has 3 heterocycles. The maximum Gasteiger partial charge on any atom is 0.252 e. The van der Waals surface area contributed by atoms with Crippen LogP contribution in [0.4, 0.5) is 5.69 Å². The largest absolute Gasteiger partial charge is 0.380 e. The van der Waals surface area contributed by atoms with Gasteiger partial charge in [0.1, 0.15) is 10.8 Å². The number of nitrogens with one attached hydrogen (secondary N) is 1. The number of hydrogen-bond donors (Lipinski definition) is 2. The number of imidazole rings is 1. The van der Waals surface area contributed by atoms with Crippen LogP contribution in [-0.4, -0.2) is 20.3 Å². The van der Waals surface area contributed by atoms with Crippen molar-refractivity contribution >= 4 is 28.8 Å². The first-order valence-electron chi connectivity index (χ1n) is 6.25. The van der Waals surface area contributed by atoms with Gasteiger partial charge in [0.05, 0.1) is 11.3 Å². The second-order valence-electron chi connectivity index (χ2n) is 4.46. The average Bonchev–Trinajstić information content (AvgIpc) is 2.93. The molecule has 3 aromatic heterocycles. The van der Waals surface area contributed by atoms with Crippen molar-refractivity contribution in [3.63, 3.8) is 0 Å². The molecular weight excluding hydrogens is 290 g/mol. The number of carbonyl (C=O) groups is 1. The van der Waals surface area contributed by atoms with Crippen molar-refractivity contribution in [2.75, 3.05) is 5.32 Å². The van der Waals surface area contributed by atoms with E-state index in [4.69, 9.17) is 17.3 Å². The van der Waals surface area contributed by atoms with Crippen LogP contribution in [0.1, 0.15) is 15.9 Å². The Morgan fingerprint density at radius 2 is 2.24 bits per heavy atom. The first-order chi connectivity index (χ1) is 10.1. The molecule has 21 heavy (non-hydrogen) atoms. The van der Waals surface area contributed by atoms with Crippen LogP contribution in [0.5, 0.6) is 0 Å². The molecule has 7 heteroatoms. The first-order valence-corrected chi connectivity index (χ1v) is 6.63. The van der Waals surface area contributed by atoms with Gasteiger partial charge >= 0.3 is 0 Å². The molecule has 0 fully saturated rings. The molecule has 106 valence electrons. The molecule has 0 atom stereocenters. The van der Waals surface area contributed by atoms with E-state index in [1.165, 1.54) is 6.20 Å². The number of nitrogens with zero attached hydrogens (tertiary/aromatic N) is 3. The number of aromatic nitrogens is 3. The first kappa shape index (κ1) is 13.4. The second-order valence-corrected chi connectivity index (χ2v) is 4.85. The Bertz CT molecular complexity index is 814. The zero-order chi connectivity index (χ0) is 14.8. The lowest BCUT2D eigenvalue weighted by Gasteiger charge is -2.10. The Balaban J connectivity index is 1.90. The Morgan fingerprint density at radius 3 is 3.05 bits per heavy atom. The van der Waals surface area contributed by atoms with E-state index in [9.17, 15) is 4.79 Å². The monoisotopic (exact) mass is 301 g/mol. The van der Waals surface area contributed by atoms with Crippen LogP contribution in [0.25, 0.3) is 5.65 Å². The lowest BCUT2D eigenvalue weighted by molar-refractivity contribution is 0.100. The zero-order valence-electron chi connectivity index (χ0n) is 11.0. The molecule has 0 bridgehead atoms. The lowest BCUT2D eigenvalue weighted by atomic mass is 10.2. The van der Waals surface area contributed by atoms with Gasteiger partial charge in [0.2, 0.25) is 0 Å². The van der Waals surface area contributed by atoms with Crippen LogP contribution >= 0.6 is 11.6 Å². The molecule has 0 saturated carbocycles. The van der Waals surface area contributed by atoms with Crippen LogP contribution in [0.2, 0.25) is 5.15 Å². The SMILES string of the molecule is NC(=O)c1cnc(Cl)cc1NCc1cccn2ccnc12. The van der Waals surface area contributed by atoms with Crippen molar-refractivity contribution < 1.29 is 4.79 Å². The summed E-state index contributed by atoms with van der Waals surface area (Å²) in [5, 5.41) is 3.45. The van der Waals surface area contributed by atoms with E-state index in [1.807, 2.05) is 28.9 Å². The predicted octanol–water partition coefficient (Wildman–Crippen LogP) is 2.09. The van der Waals surface area contributed by atoms with Gasteiger partial charge in [0, 0.05) is 36.9 Å². The number of amides is 1. The van der Waals surface area contributed by atoms with Crippen LogP contribution in [0, 0.1) is 0 Å². The van der Waals surface area contributed by atoms with E-state index < -0.39 is 5.91 Å². The number of fused-ring (bicyclic) bond motifs is 1. The van der Waals surface area contributed by atoms with E-state index in [0.717, 1.165) is 11.2 Å². The Hall–Kier alpha value is -2.60. The smallest absolute Gasteiger partial charge is 0.252 e. The highest BCUT2D eigenvalue weighted by atomic mass is 35.5. The van der Waals surface area contributed by atoms with Gasteiger partial charge in [0.25, 0.3) is 5.91 Å². The highest BCUT2D eigenvalue weighted by Crippen LogP contribution is 2.20. The van der Waals surface area contributed by atoms with Crippen molar-refractivity contribution in [3.8, 4) is 0 Å². The van der Waals surface area contributed by atoms with E-state index in [2.05, 4.69) is 15.3 Å². The molecule has 0 radical (unpaired) electrons. The van der Waals surface area contributed by atoms with Crippen molar-refractivity contribution in [2.45, 2.75) is 6.54 Å². The highest BCUT2D eigenvalue weighted by molar-refractivity contribution is 6.29. The Morgan fingerprint density at radius 1 is 1.38 bits per heavy atom. The Kier molecular flexibility index (Phi) is 3.45. The third-order valence-electron chi connectivity index (χ3n) is 3.11. The summed E-state index contributed by atoms with van der Waals surface area (Å²) in [6, 6.07) is 5.47. The average molecular weight is 302 g/mol. The second kappa shape index (κ2) is 5.41. The minimum absolute atomic E-state index is 0.293. The molecule has 3 N–H and O–H groups in total. The molecule has 0 spiro atoms. The quantitative estimate of drug-likeness (QED) is 0.723. The number of primary amides is 1. The fourth-order valence-electron chi connectivity index (χ4n) is 2.11. The molecule has 0 saturated heterocycles. The van der Waals surface area contributed by atoms with Gasteiger partial charge in [-0.3, -0.25) is 4.79 Å². The standard InChI is InChI=1S/C14H12ClN5O/c15-12-6-11(10(8-19-12)13(16)21)18-7-9-2-1-4-20-5-3-17-14(9)20/h1-6,8H,7H2,(H2,16,21)(H,18,19). The number of pyridine rings is 2. The van der Waals surface area contributed by atoms with Crippen molar-refractivity contribution in [2.24, 2.45) is 5.73 Å². The van der Waals surface area contributed by atoms with E-state index in [1.54, 1.807) is 12.3 Å². The fraction of sp³-hybridized carbons (Fsp3) is 0.0714. The van der Waals surface area contributed by atoms with Gasteiger partial charge in [-0.25, -0.2) is 9.97 Å². The lowest BCUT2D eigenvalue weighted by Crippen LogP contribution is -2.15. The number of halogens is 1. The summed E-state index contributed by atoms with van der Waals surface area (Å²) in [5.74, 6) is -0.555. The summed E-state index contributed by atoms with van der Waals surface area (Å²) in [4.78, 5) is 19.6. The minimum atomic E-state index is -0.555. The maximum absolute atomic E-state index is 11.4. The number of hydrogen-bond acceptors (Lipinski definition) is 4. The van der Waals surface area contributed by atoms with Crippen molar-refractivity contribution in [3.05, 3.63) is 59.3 Å². The summed E-state index contributed by atoms with van der Waals surface area (Å²) >= 11 is 5.86. The predicted molar refractivity (Wildman–Crippen MR) is 80.3 cm³/mol. The molecule has 1 amide bonds. The summed E-state index contributed by atoms with van der Waals surface area (Å²) in [6.07, 6.45) is 6.89. The zero-order valence-corrected chi connectivity index (χ0v) is 11.7. The van der Waals surface area contributed by atoms with Crippen molar-refractivity contribution in [1.29, 1.82) is 0 Å². The van der Waals surface area contributed by atoms with Crippen LogP contribution in [-0.2, 0) is 6.54 Å². The van der Waals surface area contributed by atoms with Crippen LogP contribution in [0.3, 0.4) is 0 Å². The third-order valence-corrected chi connectivity index (χ3v) is 3.31. The van der Waals surface area contributed by atoms with Crippen LogP contribution < -0.4 is 11.1 Å². The molecule has 6 nitrogen and oxygen atoms in total. The minimum Gasteiger partial charge on any atom is -0.380 e. The molecule has 0 aromatic carbocycles. The maximum atomic E-state index is 11.4. The van der Waals surface area contributed by atoms with E-state index in [0.29, 0.717) is 22.9 Å². The van der Waals surface area contributed by atoms with Gasteiger partial charge in [0.15, 0.2) is 0 Å². The third kappa shape index (κ3) is 2.66. The summed E-state index contributed by atoms with van der Waals surface area (Å²) in [5.41, 5.74) is 8.03. The molecule has 0 unspecified atom stereocenters. The molecule has 3 rings (SSSR count). The molecule has 0 aliphatic rings. The number of anilines is 1. The normalized spacial score (nSPS) is 10.7. The number of rotatable bonds is 4. The highest BCUT2D eigenvalue weighted by Gasteiger charge is 2.10. The summed E-state index contributed by atoms with van der Waals surface area (Å²) in [7, 11) is 0. The van der Waals surface area contributed by atoms with Gasteiger partial charge in [-0.05, 0) is 12.1 Å². The Labute approximate surface area is 125 Å². The van der Waals surface area contributed by atoms with E-state index in [-0.39, 0.29) is 0 Å². The van der Waals surface area contributed by atoms with Gasteiger partial charge in [-0.15, -0.1) is 0 Å². The molecule has 3 aromatic rings. The number of nitrogens with two attached hydrogens (primary N) is 1. The summed E-state index contributed by atoms with van der Waals surface area (Å²) in [6.45, 7) is 0.488. The van der Waals surface area contributed by atoms with Gasteiger partial charge in [-0.2, -0.15) is 0 Å². The van der Waals surface area contributed by atoms with Gasteiger partial charge < -0.3 is 15.5 Å².